The van der Waals surface area contributed by atoms with Gasteiger partial charge in [-0.15, -0.1) is 0 Å². The highest BCUT2D eigenvalue weighted by Crippen LogP contribution is 2.28. The number of likely N-dealkylation sites (tertiary alicyclic amines) is 1. The summed E-state index contributed by atoms with van der Waals surface area (Å²) < 4.78 is 0. The Morgan fingerprint density at radius 1 is 1.10 bits per heavy atom. The first-order valence-electron chi connectivity index (χ1n) is 7.82. The Morgan fingerprint density at radius 2 is 1.76 bits per heavy atom. The average molecular weight is 286 g/mol. The Kier molecular flexibility index (Phi) is 3.95. The minimum atomic E-state index is -0.312. The molecule has 0 N–H and O–H groups in total. The van der Waals surface area contributed by atoms with Crippen molar-refractivity contribution >= 4 is 17.5 Å². The van der Waals surface area contributed by atoms with Gasteiger partial charge in [0.25, 0.3) is 0 Å². The van der Waals surface area contributed by atoms with Crippen LogP contribution in [0.2, 0.25) is 0 Å². The molecule has 1 atom stereocenters. The summed E-state index contributed by atoms with van der Waals surface area (Å²) in [6.45, 7) is 3.89. The van der Waals surface area contributed by atoms with Crippen LogP contribution in [0, 0.1) is 5.92 Å². The average Bonchev–Trinajstić information content (AvgIpc) is 2.90. The van der Waals surface area contributed by atoms with Gasteiger partial charge < -0.3 is 4.90 Å². The van der Waals surface area contributed by atoms with Crippen molar-refractivity contribution < 1.29 is 9.59 Å². The maximum absolute atomic E-state index is 12.8. The number of rotatable bonds is 2. The summed E-state index contributed by atoms with van der Waals surface area (Å²) in [6, 6.07) is 9.24. The monoisotopic (exact) mass is 286 g/mol. The molecule has 1 aromatic rings. The molecule has 0 aliphatic carbocycles. The van der Waals surface area contributed by atoms with E-state index in [-0.39, 0.29) is 17.9 Å². The number of carbonyl (C=O) groups is 2. The first kappa shape index (κ1) is 14.1. The first-order valence-corrected chi connectivity index (χ1v) is 7.82. The van der Waals surface area contributed by atoms with E-state index in [9.17, 15) is 9.59 Å². The van der Waals surface area contributed by atoms with Gasteiger partial charge in [0.15, 0.2) is 0 Å². The molecule has 1 unspecified atom stereocenters. The molecule has 4 nitrogen and oxygen atoms in total. The number of piperidine rings is 1. The van der Waals surface area contributed by atoms with Gasteiger partial charge in [-0.2, -0.15) is 0 Å². The summed E-state index contributed by atoms with van der Waals surface area (Å²) in [5, 5.41) is 0. The second kappa shape index (κ2) is 5.88. The Bertz CT molecular complexity index is 521. The van der Waals surface area contributed by atoms with Crippen LogP contribution in [-0.4, -0.2) is 35.8 Å². The molecule has 0 radical (unpaired) electrons. The van der Waals surface area contributed by atoms with Gasteiger partial charge in [0, 0.05) is 25.2 Å². The van der Waals surface area contributed by atoms with Gasteiger partial charge in [0.2, 0.25) is 11.8 Å². The molecular formula is C17H22N2O2. The molecule has 112 valence electrons. The predicted octanol–water partition coefficient (Wildman–Crippen LogP) is 2.44. The van der Waals surface area contributed by atoms with Crippen molar-refractivity contribution in [2.45, 2.75) is 38.6 Å². The van der Waals surface area contributed by atoms with E-state index in [1.807, 2.05) is 35.2 Å². The van der Waals surface area contributed by atoms with Crippen LogP contribution in [-0.2, 0) is 9.59 Å². The Balaban J connectivity index is 1.77. The maximum atomic E-state index is 12.8. The van der Waals surface area contributed by atoms with Crippen molar-refractivity contribution in [2.24, 2.45) is 5.92 Å². The third-order valence-electron chi connectivity index (χ3n) is 4.63. The molecule has 2 fully saturated rings. The minimum Gasteiger partial charge on any atom is -0.341 e. The molecule has 0 spiro atoms. The standard InChI is InChI=1S/C17H22N2O2/c1-13-9-11-18(12-10-13)17(21)15-7-8-16(20)19(15)14-5-3-2-4-6-14/h2-6,13,15H,7-12H2,1H3. The molecule has 21 heavy (non-hydrogen) atoms. The number of benzene rings is 1. The predicted molar refractivity (Wildman–Crippen MR) is 81.9 cm³/mol. The van der Waals surface area contributed by atoms with Crippen molar-refractivity contribution in [1.29, 1.82) is 0 Å². The van der Waals surface area contributed by atoms with E-state index in [0.717, 1.165) is 31.6 Å². The van der Waals surface area contributed by atoms with E-state index >= 15 is 0 Å². The van der Waals surface area contributed by atoms with E-state index in [1.165, 1.54) is 0 Å². The molecule has 3 rings (SSSR count). The number of amides is 2. The number of hydrogen-bond acceptors (Lipinski definition) is 2. The number of anilines is 1. The number of para-hydroxylation sites is 1. The maximum Gasteiger partial charge on any atom is 0.245 e. The van der Waals surface area contributed by atoms with E-state index in [1.54, 1.807) is 4.90 Å². The first-order chi connectivity index (χ1) is 10.2. The van der Waals surface area contributed by atoms with Gasteiger partial charge in [0.05, 0.1) is 0 Å². The highest BCUT2D eigenvalue weighted by molar-refractivity contribution is 6.03. The van der Waals surface area contributed by atoms with Gasteiger partial charge in [-0.1, -0.05) is 25.1 Å². The van der Waals surface area contributed by atoms with Gasteiger partial charge in [0.1, 0.15) is 6.04 Å². The highest BCUT2D eigenvalue weighted by atomic mass is 16.2. The summed E-state index contributed by atoms with van der Waals surface area (Å²) in [7, 11) is 0. The second-order valence-electron chi connectivity index (χ2n) is 6.16. The molecule has 0 saturated carbocycles. The van der Waals surface area contributed by atoms with Gasteiger partial charge >= 0.3 is 0 Å². The van der Waals surface area contributed by atoms with Crippen LogP contribution < -0.4 is 4.90 Å². The lowest BCUT2D eigenvalue weighted by Gasteiger charge is -2.34. The van der Waals surface area contributed by atoms with Gasteiger partial charge in [-0.05, 0) is 37.3 Å². The Hall–Kier alpha value is -1.84. The Labute approximate surface area is 125 Å². The molecule has 2 heterocycles. The summed E-state index contributed by atoms with van der Waals surface area (Å²) in [4.78, 5) is 28.6. The molecule has 2 saturated heterocycles. The fourth-order valence-corrected chi connectivity index (χ4v) is 3.27. The fourth-order valence-electron chi connectivity index (χ4n) is 3.27. The smallest absolute Gasteiger partial charge is 0.245 e. The zero-order valence-electron chi connectivity index (χ0n) is 12.5. The molecule has 1 aromatic carbocycles. The molecule has 0 aromatic heterocycles. The van der Waals surface area contributed by atoms with E-state index in [0.29, 0.717) is 18.8 Å². The van der Waals surface area contributed by atoms with Crippen LogP contribution in [0.25, 0.3) is 0 Å². The van der Waals surface area contributed by atoms with Crippen LogP contribution >= 0.6 is 0 Å². The van der Waals surface area contributed by atoms with Crippen molar-refractivity contribution in [1.82, 2.24) is 4.90 Å². The Morgan fingerprint density at radius 3 is 2.43 bits per heavy atom. The van der Waals surface area contributed by atoms with Crippen molar-refractivity contribution in [3.63, 3.8) is 0 Å². The number of nitrogens with zero attached hydrogens (tertiary/aromatic N) is 2. The third-order valence-corrected chi connectivity index (χ3v) is 4.63. The zero-order chi connectivity index (χ0) is 14.8. The lowest BCUT2D eigenvalue weighted by molar-refractivity contribution is -0.134. The summed E-state index contributed by atoms with van der Waals surface area (Å²) >= 11 is 0. The SMILES string of the molecule is CC1CCN(C(=O)C2CCC(=O)N2c2ccccc2)CC1. The summed E-state index contributed by atoms with van der Waals surface area (Å²) in [6.07, 6.45) is 3.24. The van der Waals surface area contributed by atoms with Gasteiger partial charge in [-0.3, -0.25) is 14.5 Å². The quantitative estimate of drug-likeness (QED) is 0.838. The van der Waals surface area contributed by atoms with Crippen LogP contribution in [0.3, 0.4) is 0 Å². The molecule has 2 aliphatic heterocycles. The zero-order valence-corrected chi connectivity index (χ0v) is 12.5. The normalized spacial score (nSPS) is 23.7. The van der Waals surface area contributed by atoms with Crippen molar-refractivity contribution in [3.05, 3.63) is 30.3 Å². The second-order valence-corrected chi connectivity index (χ2v) is 6.16. The minimum absolute atomic E-state index is 0.0601. The fraction of sp³-hybridized carbons (Fsp3) is 0.529. The van der Waals surface area contributed by atoms with Crippen LogP contribution in [0.5, 0.6) is 0 Å². The van der Waals surface area contributed by atoms with Crippen LogP contribution in [0.15, 0.2) is 30.3 Å². The molecular weight excluding hydrogens is 264 g/mol. The molecule has 2 aliphatic rings. The summed E-state index contributed by atoms with van der Waals surface area (Å²) in [5.74, 6) is 0.881. The molecule has 0 bridgehead atoms. The largest absolute Gasteiger partial charge is 0.341 e. The highest BCUT2D eigenvalue weighted by Gasteiger charge is 2.39. The van der Waals surface area contributed by atoms with E-state index < -0.39 is 0 Å². The van der Waals surface area contributed by atoms with E-state index in [2.05, 4.69) is 6.92 Å². The third kappa shape index (κ3) is 2.80. The molecule has 2 amide bonds. The molecule has 4 heteroatoms. The van der Waals surface area contributed by atoms with Gasteiger partial charge in [-0.25, -0.2) is 0 Å². The van der Waals surface area contributed by atoms with Crippen LogP contribution in [0.1, 0.15) is 32.6 Å². The van der Waals surface area contributed by atoms with E-state index in [4.69, 9.17) is 0 Å². The number of hydrogen-bond donors (Lipinski definition) is 0. The van der Waals surface area contributed by atoms with Crippen molar-refractivity contribution in [2.75, 3.05) is 18.0 Å². The topological polar surface area (TPSA) is 40.6 Å². The number of carbonyl (C=O) groups excluding carboxylic acids is 2. The van der Waals surface area contributed by atoms with Crippen LogP contribution in [0.4, 0.5) is 5.69 Å². The summed E-state index contributed by atoms with van der Waals surface area (Å²) in [5.41, 5.74) is 0.837. The lowest BCUT2D eigenvalue weighted by Crippen LogP contribution is -2.49. The van der Waals surface area contributed by atoms with Crippen molar-refractivity contribution in [3.8, 4) is 0 Å². The lowest BCUT2D eigenvalue weighted by atomic mass is 9.98.